The zero-order valence-electron chi connectivity index (χ0n) is 10.7. The summed E-state index contributed by atoms with van der Waals surface area (Å²) in [5.74, 6) is 1.42. The van der Waals surface area contributed by atoms with E-state index in [9.17, 15) is 0 Å². The summed E-state index contributed by atoms with van der Waals surface area (Å²) in [6.45, 7) is 8.88. The van der Waals surface area contributed by atoms with Gasteiger partial charge in [0, 0.05) is 4.88 Å². The normalized spacial score (nSPS) is 14.0. The van der Waals surface area contributed by atoms with E-state index in [1.54, 1.807) is 0 Å². The van der Waals surface area contributed by atoms with Gasteiger partial charge in [0.25, 0.3) is 0 Å². The number of hydrogen-bond donors (Lipinski definition) is 0. The zero-order valence-corrected chi connectivity index (χ0v) is 11.6. The molecule has 0 saturated heterocycles. The van der Waals surface area contributed by atoms with Gasteiger partial charge < -0.3 is 0 Å². The van der Waals surface area contributed by atoms with Crippen molar-refractivity contribution in [2.24, 2.45) is 5.92 Å². The van der Waals surface area contributed by atoms with Gasteiger partial charge in [0.15, 0.2) is 0 Å². The molecule has 0 amide bonds. The molecule has 88 valence electrons. The maximum atomic E-state index is 2.28. The molecule has 0 aromatic carbocycles. The van der Waals surface area contributed by atoms with Crippen molar-refractivity contribution in [3.8, 4) is 0 Å². The van der Waals surface area contributed by atoms with Gasteiger partial charge in [-0.05, 0) is 35.3 Å². The molecule has 2 rings (SSSR count). The van der Waals surface area contributed by atoms with Crippen molar-refractivity contribution >= 4 is 11.3 Å². The Morgan fingerprint density at radius 2 is 1.88 bits per heavy atom. The molecule has 0 spiro atoms. The minimum absolute atomic E-state index is 0.704. The minimum atomic E-state index is 0.704. The molecule has 0 aliphatic heterocycles. The second-order valence-corrected chi connectivity index (χ2v) is 5.65. The lowest BCUT2D eigenvalue weighted by Gasteiger charge is -1.99. The fourth-order valence-electron chi connectivity index (χ4n) is 1.52. The van der Waals surface area contributed by atoms with Gasteiger partial charge in [-0.2, -0.15) is 0 Å². The Kier molecular flexibility index (Phi) is 5.54. The summed E-state index contributed by atoms with van der Waals surface area (Å²) in [6, 6.07) is 4.27. The number of rotatable bonds is 2. The monoisotopic (exact) mass is 234 g/mol. The Morgan fingerprint density at radius 1 is 1.12 bits per heavy atom. The molecule has 1 heteroatoms. The zero-order chi connectivity index (χ0) is 12.0. The Balaban J connectivity index is 0.000000160. The maximum absolute atomic E-state index is 2.28. The highest BCUT2D eigenvalue weighted by Crippen LogP contribution is 2.18. The molecule has 0 unspecified atom stereocenters. The highest BCUT2D eigenvalue weighted by molar-refractivity contribution is 7.10. The van der Waals surface area contributed by atoms with Crippen LogP contribution in [0.4, 0.5) is 0 Å². The van der Waals surface area contributed by atoms with Crippen LogP contribution in [0.1, 0.15) is 44.9 Å². The van der Waals surface area contributed by atoms with Crippen molar-refractivity contribution < 1.29 is 0 Å². The van der Waals surface area contributed by atoms with Crippen LogP contribution in [0.5, 0.6) is 0 Å². The van der Waals surface area contributed by atoms with E-state index in [1.807, 2.05) is 11.3 Å². The van der Waals surface area contributed by atoms with Gasteiger partial charge in [-0.1, -0.05) is 52.0 Å². The predicted molar refractivity (Wildman–Crippen MR) is 75.1 cm³/mol. The molecular weight excluding hydrogens is 212 g/mol. The lowest BCUT2D eigenvalue weighted by molar-refractivity contribution is 0.793. The van der Waals surface area contributed by atoms with Crippen molar-refractivity contribution in [1.29, 1.82) is 0 Å². The van der Waals surface area contributed by atoms with E-state index in [4.69, 9.17) is 0 Å². The summed E-state index contributed by atoms with van der Waals surface area (Å²) in [6.07, 6.45) is 7.85. The fraction of sp³-hybridized carbons (Fsp3) is 0.467. The fourth-order valence-corrected chi connectivity index (χ4v) is 2.27. The first-order valence-corrected chi connectivity index (χ1v) is 6.89. The number of thiophene rings is 1. The van der Waals surface area contributed by atoms with Gasteiger partial charge in [0.2, 0.25) is 0 Å². The Bertz CT molecular complexity index is 340. The van der Waals surface area contributed by atoms with Crippen LogP contribution in [0.25, 0.3) is 0 Å². The third-order valence-electron chi connectivity index (χ3n) is 2.58. The van der Waals surface area contributed by atoms with Crippen LogP contribution < -0.4 is 0 Å². The van der Waals surface area contributed by atoms with Crippen molar-refractivity contribution in [3.05, 3.63) is 46.2 Å². The molecule has 16 heavy (non-hydrogen) atoms. The van der Waals surface area contributed by atoms with Gasteiger partial charge in [0.1, 0.15) is 0 Å². The molecule has 1 aliphatic rings. The smallest absolute Gasteiger partial charge is 0.00706 e. The molecule has 0 saturated carbocycles. The predicted octanol–water partition coefficient (Wildman–Crippen LogP) is 5.40. The summed E-state index contributed by atoms with van der Waals surface area (Å²) in [5.41, 5.74) is 1.49. The van der Waals surface area contributed by atoms with Crippen molar-refractivity contribution in [2.45, 2.75) is 40.0 Å². The Hall–Kier alpha value is -0.820. The first kappa shape index (κ1) is 13.2. The van der Waals surface area contributed by atoms with E-state index in [0.29, 0.717) is 11.8 Å². The van der Waals surface area contributed by atoms with Crippen LogP contribution in [-0.2, 0) is 0 Å². The van der Waals surface area contributed by atoms with Gasteiger partial charge in [-0.25, -0.2) is 0 Å². The summed E-state index contributed by atoms with van der Waals surface area (Å²) in [7, 11) is 0. The average Bonchev–Trinajstić information content (AvgIpc) is 2.93. The molecule has 0 atom stereocenters. The van der Waals surface area contributed by atoms with Gasteiger partial charge in [0.05, 0.1) is 0 Å². The largest absolute Gasteiger partial charge is 0.149 e. The molecule has 1 aliphatic carbocycles. The van der Waals surface area contributed by atoms with Crippen molar-refractivity contribution in [1.82, 2.24) is 0 Å². The van der Waals surface area contributed by atoms with E-state index in [2.05, 4.69) is 63.4 Å². The van der Waals surface area contributed by atoms with Crippen molar-refractivity contribution in [2.75, 3.05) is 0 Å². The minimum Gasteiger partial charge on any atom is -0.149 e. The molecule has 0 radical (unpaired) electrons. The van der Waals surface area contributed by atoms with Crippen LogP contribution >= 0.6 is 11.3 Å². The molecule has 1 aromatic rings. The van der Waals surface area contributed by atoms with Crippen LogP contribution in [-0.4, -0.2) is 0 Å². The summed E-state index contributed by atoms with van der Waals surface area (Å²) in [4.78, 5) is 1.48. The molecule has 0 nitrogen and oxygen atoms in total. The number of allylic oxidation sites excluding steroid dienone is 4. The van der Waals surface area contributed by atoms with Crippen LogP contribution in [0, 0.1) is 5.92 Å². The van der Waals surface area contributed by atoms with Gasteiger partial charge in [-0.15, -0.1) is 11.3 Å². The summed E-state index contributed by atoms with van der Waals surface area (Å²) in [5, 5.41) is 2.12. The SMILES string of the molecule is CC(C)C1=CCC=C1.CC(C)c1cccs1. The highest BCUT2D eigenvalue weighted by Gasteiger charge is 2.00. The third kappa shape index (κ3) is 4.36. The molecule has 1 heterocycles. The molecule has 0 bridgehead atoms. The third-order valence-corrected chi connectivity index (χ3v) is 3.75. The van der Waals surface area contributed by atoms with E-state index in [-0.39, 0.29) is 0 Å². The van der Waals surface area contributed by atoms with E-state index >= 15 is 0 Å². The van der Waals surface area contributed by atoms with Crippen molar-refractivity contribution in [3.63, 3.8) is 0 Å². The van der Waals surface area contributed by atoms with Crippen LogP contribution in [0.2, 0.25) is 0 Å². The maximum Gasteiger partial charge on any atom is 0.00706 e. The quantitative estimate of drug-likeness (QED) is 0.642. The second kappa shape index (κ2) is 6.70. The Labute approximate surface area is 104 Å². The lowest BCUT2D eigenvalue weighted by Crippen LogP contribution is -1.85. The highest BCUT2D eigenvalue weighted by atomic mass is 32.1. The second-order valence-electron chi connectivity index (χ2n) is 4.67. The topological polar surface area (TPSA) is 0 Å². The van der Waals surface area contributed by atoms with E-state index in [0.717, 1.165) is 6.42 Å². The Morgan fingerprint density at radius 3 is 2.12 bits per heavy atom. The van der Waals surface area contributed by atoms with Crippen LogP contribution in [0.15, 0.2) is 41.3 Å². The lowest BCUT2D eigenvalue weighted by atomic mass is 10.1. The first-order valence-electron chi connectivity index (χ1n) is 6.01. The number of hydrogen-bond acceptors (Lipinski definition) is 1. The summed E-state index contributed by atoms with van der Waals surface area (Å²) >= 11 is 1.83. The van der Waals surface area contributed by atoms with E-state index < -0.39 is 0 Å². The molecule has 1 aromatic heterocycles. The standard InChI is InChI=1S/C8H12.C7H10S/c1-7(2)8-5-3-4-6-8;1-6(2)7-4-3-5-8-7/h3,5-7H,4H2,1-2H3;3-6H,1-2H3. The van der Waals surface area contributed by atoms with Gasteiger partial charge in [-0.3, -0.25) is 0 Å². The van der Waals surface area contributed by atoms with Crippen LogP contribution in [0.3, 0.4) is 0 Å². The van der Waals surface area contributed by atoms with E-state index in [1.165, 1.54) is 10.5 Å². The molecule has 0 fully saturated rings. The molecule has 0 N–H and O–H groups in total. The van der Waals surface area contributed by atoms with Gasteiger partial charge >= 0.3 is 0 Å². The first-order chi connectivity index (χ1) is 7.61. The molecular formula is C15H22S. The average molecular weight is 234 g/mol. The summed E-state index contributed by atoms with van der Waals surface area (Å²) < 4.78 is 0.